The van der Waals surface area contributed by atoms with Crippen molar-refractivity contribution >= 4 is 34.7 Å². The molecule has 2 aromatic carbocycles. The first-order chi connectivity index (χ1) is 11.1. The Hall–Kier alpha value is -2.80. The lowest BCUT2D eigenvalue weighted by Gasteiger charge is -2.25. The molecule has 1 aromatic heterocycles. The summed E-state index contributed by atoms with van der Waals surface area (Å²) in [5.41, 5.74) is 3.39. The minimum absolute atomic E-state index is 0.191. The Bertz CT molecular complexity index is 933. The normalized spacial score (nSPS) is 16.9. The monoisotopic (exact) mass is 326 g/mol. The molecule has 0 saturated carbocycles. The van der Waals surface area contributed by atoms with E-state index in [1.807, 2.05) is 0 Å². The van der Waals surface area contributed by atoms with Gasteiger partial charge in [-0.1, -0.05) is 12.1 Å². The third-order valence-electron chi connectivity index (χ3n) is 3.93. The molecule has 0 aliphatic carbocycles. The third kappa shape index (κ3) is 2.25. The van der Waals surface area contributed by atoms with Crippen molar-refractivity contribution in [3.8, 4) is 5.75 Å². The molecule has 23 heavy (non-hydrogen) atoms. The molecule has 0 saturated heterocycles. The molecule has 7 heteroatoms. The second-order valence-electron chi connectivity index (χ2n) is 5.27. The number of carboxylic acids is 1. The number of carboxylic acid groups (broad SMARTS) is 1. The van der Waals surface area contributed by atoms with E-state index in [2.05, 4.69) is 8.75 Å². The van der Waals surface area contributed by atoms with Crippen LogP contribution in [0.25, 0.3) is 11.0 Å². The average Bonchev–Trinajstić information content (AvgIpc) is 3.02. The van der Waals surface area contributed by atoms with E-state index >= 15 is 0 Å². The first kappa shape index (κ1) is 13.8. The van der Waals surface area contributed by atoms with Gasteiger partial charge in [-0.15, -0.1) is 0 Å². The highest BCUT2D eigenvalue weighted by Gasteiger charge is 2.31. The van der Waals surface area contributed by atoms with Crippen LogP contribution in [0.3, 0.4) is 0 Å². The lowest BCUT2D eigenvalue weighted by Crippen LogP contribution is -2.21. The van der Waals surface area contributed by atoms with Gasteiger partial charge in [0.25, 0.3) is 0 Å². The Labute approximate surface area is 134 Å². The van der Waals surface area contributed by atoms with Gasteiger partial charge < -0.3 is 9.84 Å². The van der Waals surface area contributed by atoms with Gasteiger partial charge in [0.05, 0.1) is 23.7 Å². The van der Waals surface area contributed by atoms with Crippen molar-refractivity contribution in [2.75, 3.05) is 0 Å². The number of carbonyl (C=O) groups excluding carboxylic acids is 1. The predicted octanol–water partition coefficient (Wildman–Crippen LogP) is 2.83. The molecule has 2 heterocycles. The van der Waals surface area contributed by atoms with E-state index in [0.29, 0.717) is 5.75 Å². The Morgan fingerprint density at radius 1 is 1.17 bits per heavy atom. The summed E-state index contributed by atoms with van der Waals surface area (Å²) in [5, 5.41) is 9.01. The molecule has 3 aromatic rings. The molecule has 1 aliphatic rings. The highest BCUT2D eigenvalue weighted by Crippen LogP contribution is 2.42. The van der Waals surface area contributed by atoms with Gasteiger partial charge in [-0.3, -0.25) is 4.79 Å². The maximum Gasteiger partial charge on any atom is 0.335 e. The van der Waals surface area contributed by atoms with Crippen molar-refractivity contribution in [3.05, 3.63) is 53.1 Å². The number of hydrogen-bond donors (Lipinski definition) is 1. The number of nitrogens with zero attached hydrogens (tertiary/aromatic N) is 2. The summed E-state index contributed by atoms with van der Waals surface area (Å²) in [6, 6.07) is 10.0. The molecule has 1 unspecified atom stereocenters. The molecule has 0 fully saturated rings. The Balaban J connectivity index is 1.88. The van der Waals surface area contributed by atoms with E-state index in [0.717, 1.165) is 33.9 Å². The van der Waals surface area contributed by atoms with Gasteiger partial charge in [0.1, 0.15) is 16.8 Å². The van der Waals surface area contributed by atoms with Gasteiger partial charge in [0, 0.05) is 11.5 Å². The second kappa shape index (κ2) is 5.13. The lowest BCUT2D eigenvalue weighted by atomic mass is 9.85. The summed E-state index contributed by atoms with van der Waals surface area (Å²) in [4.78, 5) is 22.9. The summed E-state index contributed by atoms with van der Waals surface area (Å²) in [6.07, 6.45) is 0.191. The molecular formula is C16H10N2O4S. The fourth-order valence-corrected chi connectivity index (χ4v) is 3.40. The van der Waals surface area contributed by atoms with Gasteiger partial charge in [0.15, 0.2) is 0 Å². The first-order valence-electron chi connectivity index (χ1n) is 6.92. The standard InChI is InChI=1S/C16H10N2O4S/c19-13-7-10(8-1-3-9(4-2-8)16(20)21)14-12(22-13)6-5-11-15(14)18-23-17-11/h1-6,10H,7H2,(H,20,21). The van der Waals surface area contributed by atoms with Crippen LogP contribution in [0.1, 0.15) is 33.8 Å². The molecular weight excluding hydrogens is 316 g/mol. The third-order valence-corrected chi connectivity index (χ3v) is 4.47. The van der Waals surface area contributed by atoms with Crippen LogP contribution in [-0.4, -0.2) is 25.8 Å². The maximum absolute atomic E-state index is 11.9. The topological polar surface area (TPSA) is 89.4 Å². The molecule has 1 atom stereocenters. The number of fused-ring (bicyclic) bond motifs is 3. The van der Waals surface area contributed by atoms with Gasteiger partial charge in [-0.25, -0.2) is 4.79 Å². The van der Waals surface area contributed by atoms with E-state index in [1.165, 1.54) is 12.1 Å². The van der Waals surface area contributed by atoms with Crippen molar-refractivity contribution < 1.29 is 19.4 Å². The fraction of sp³-hybridized carbons (Fsp3) is 0.125. The summed E-state index contributed by atoms with van der Waals surface area (Å²) < 4.78 is 13.9. The minimum atomic E-state index is -0.980. The summed E-state index contributed by atoms with van der Waals surface area (Å²) in [7, 11) is 0. The number of aromatic carboxylic acids is 1. The van der Waals surface area contributed by atoms with Crippen molar-refractivity contribution in [1.82, 2.24) is 8.75 Å². The minimum Gasteiger partial charge on any atom is -0.478 e. The van der Waals surface area contributed by atoms with Crippen LogP contribution in [0.5, 0.6) is 5.75 Å². The molecule has 114 valence electrons. The predicted molar refractivity (Wildman–Crippen MR) is 82.9 cm³/mol. The molecule has 0 bridgehead atoms. The van der Waals surface area contributed by atoms with Gasteiger partial charge in [0.2, 0.25) is 0 Å². The van der Waals surface area contributed by atoms with E-state index in [1.54, 1.807) is 24.3 Å². The molecule has 1 N–H and O–H groups in total. The number of esters is 1. The van der Waals surface area contributed by atoms with Crippen LogP contribution >= 0.6 is 11.7 Å². The SMILES string of the molecule is O=C1CC(c2ccc(C(=O)O)cc2)c2c(ccc3nsnc23)O1. The van der Waals surface area contributed by atoms with Crippen molar-refractivity contribution in [2.24, 2.45) is 0 Å². The van der Waals surface area contributed by atoms with Crippen molar-refractivity contribution in [2.45, 2.75) is 12.3 Å². The number of rotatable bonds is 2. The van der Waals surface area contributed by atoms with Gasteiger partial charge >= 0.3 is 11.9 Å². The van der Waals surface area contributed by atoms with Gasteiger partial charge in [-0.05, 0) is 29.8 Å². The van der Waals surface area contributed by atoms with Crippen LogP contribution < -0.4 is 4.74 Å². The first-order valence-corrected chi connectivity index (χ1v) is 7.65. The number of ether oxygens (including phenoxy) is 1. The number of carbonyl (C=O) groups is 2. The smallest absolute Gasteiger partial charge is 0.335 e. The van der Waals surface area contributed by atoms with Crippen LogP contribution in [0, 0.1) is 0 Å². The molecule has 0 spiro atoms. The van der Waals surface area contributed by atoms with E-state index in [9.17, 15) is 9.59 Å². The summed E-state index contributed by atoms with van der Waals surface area (Å²) in [6.45, 7) is 0. The Morgan fingerprint density at radius 2 is 1.96 bits per heavy atom. The van der Waals surface area contributed by atoms with Crippen LogP contribution in [0.15, 0.2) is 36.4 Å². The number of hydrogen-bond acceptors (Lipinski definition) is 6. The molecule has 0 amide bonds. The summed E-state index contributed by atoms with van der Waals surface area (Å²) in [5.74, 6) is -1.02. The van der Waals surface area contributed by atoms with Crippen molar-refractivity contribution in [3.63, 3.8) is 0 Å². The fourth-order valence-electron chi connectivity index (χ4n) is 2.85. The zero-order valence-corrected chi connectivity index (χ0v) is 12.5. The molecule has 0 radical (unpaired) electrons. The number of benzene rings is 2. The lowest BCUT2D eigenvalue weighted by molar-refractivity contribution is -0.135. The molecule has 4 rings (SSSR count). The van der Waals surface area contributed by atoms with E-state index in [4.69, 9.17) is 9.84 Å². The molecule has 1 aliphatic heterocycles. The highest BCUT2D eigenvalue weighted by molar-refractivity contribution is 7.00. The largest absolute Gasteiger partial charge is 0.478 e. The Kier molecular flexibility index (Phi) is 3.09. The Morgan fingerprint density at radius 3 is 2.70 bits per heavy atom. The van der Waals surface area contributed by atoms with Crippen molar-refractivity contribution in [1.29, 1.82) is 0 Å². The van der Waals surface area contributed by atoms with Crippen LogP contribution in [-0.2, 0) is 4.79 Å². The average molecular weight is 326 g/mol. The summed E-state index contributed by atoms with van der Waals surface area (Å²) >= 11 is 1.11. The zero-order chi connectivity index (χ0) is 16.0. The van der Waals surface area contributed by atoms with E-state index in [-0.39, 0.29) is 23.9 Å². The number of aromatic nitrogens is 2. The maximum atomic E-state index is 11.9. The van der Waals surface area contributed by atoms with Gasteiger partial charge in [-0.2, -0.15) is 8.75 Å². The molecule has 6 nitrogen and oxygen atoms in total. The van der Waals surface area contributed by atoms with Crippen LogP contribution in [0.4, 0.5) is 0 Å². The van der Waals surface area contributed by atoms with Crippen LogP contribution in [0.2, 0.25) is 0 Å². The second-order valence-corrected chi connectivity index (χ2v) is 5.80. The quantitative estimate of drug-likeness (QED) is 0.575. The highest BCUT2D eigenvalue weighted by atomic mass is 32.1. The zero-order valence-electron chi connectivity index (χ0n) is 11.7. The van der Waals surface area contributed by atoms with E-state index < -0.39 is 5.97 Å².